The van der Waals surface area contributed by atoms with Crippen LogP contribution in [0.4, 0.5) is 5.69 Å². The first-order valence-electron chi connectivity index (χ1n) is 8.07. The number of nitrogens with zero attached hydrogens (tertiary/aromatic N) is 1. The molecule has 0 saturated carbocycles. The van der Waals surface area contributed by atoms with Gasteiger partial charge in [0.2, 0.25) is 5.91 Å². The molecule has 2 aromatic rings. The van der Waals surface area contributed by atoms with Crippen LogP contribution in [-0.2, 0) is 22.4 Å². The fourth-order valence-electron chi connectivity index (χ4n) is 3.61. The van der Waals surface area contributed by atoms with Gasteiger partial charge in [-0.2, -0.15) is 0 Å². The highest BCUT2D eigenvalue weighted by Crippen LogP contribution is 2.30. The number of carbonyl (C=O) groups excluding carboxylic acids is 2. The predicted octanol–water partition coefficient (Wildman–Crippen LogP) is 2.73. The topological polar surface area (TPSA) is 49.4 Å². The predicted molar refractivity (Wildman–Crippen MR) is 93.1 cm³/mol. The highest BCUT2D eigenvalue weighted by Gasteiger charge is 2.41. The van der Waals surface area contributed by atoms with Gasteiger partial charge in [-0.15, -0.1) is 0 Å². The van der Waals surface area contributed by atoms with Gasteiger partial charge in [0.25, 0.3) is 5.91 Å². The molecule has 1 atom stereocenters. The van der Waals surface area contributed by atoms with E-state index in [4.69, 9.17) is 11.6 Å². The summed E-state index contributed by atoms with van der Waals surface area (Å²) in [7, 11) is 0. The Kier molecular flexibility index (Phi) is 3.87. The second-order valence-electron chi connectivity index (χ2n) is 6.32. The van der Waals surface area contributed by atoms with E-state index >= 15 is 0 Å². The number of carbonyl (C=O) groups is 2. The Bertz CT molecular complexity index is 796. The van der Waals surface area contributed by atoms with Crippen LogP contribution in [-0.4, -0.2) is 23.9 Å². The van der Waals surface area contributed by atoms with Crippen LogP contribution in [0.1, 0.15) is 17.5 Å². The van der Waals surface area contributed by atoms with Gasteiger partial charge >= 0.3 is 0 Å². The van der Waals surface area contributed by atoms with E-state index in [0.717, 1.165) is 12.8 Å². The zero-order valence-electron chi connectivity index (χ0n) is 13.0. The van der Waals surface area contributed by atoms with Gasteiger partial charge in [-0.1, -0.05) is 48.0 Å². The van der Waals surface area contributed by atoms with Crippen molar-refractivity contribution in [2.45, 2.75) is 31.3 Å². The lowest BCUT2D eigenvalue weighted by molar-refractivity contribution is -0.121. The van der Waals surface area contributed by atoms with Gasteiger partial charge in [0.15, 0.2) is 0 Å². The van der Waals surface area contributed by atoms with Crippen LogP contribution < -0.4 is 10.2 Å². The summed E-state index contributed by atoms with van der Waals surface area (Å²) in [5, 5.41) is 3.78. The van der Waals surface area contributed by atoms with Gasteiger partial charge < -0.3 is 5.32 Å². The Morgan fingerprint density at radius 3 is 2.21 bits per heavy atom. The molecular weight excluding hydrogens is 324 g/mol. The van der Waals surface area contributed by atoms with Crippen molar-refractivity contribution in [2.24, 2.45) is 0 Å². The van der Waals surface area contributed by atoms with Crippen molar-refractivity contribution >= 4 is 29.1 Å². The van der Waals surface area contributed by atoms with Crippen LogP contribution in [0.3, 0.4) is 0 Å². The van der Waals surface area contributed by atoms with Gasteiger partial charge in [-0.25, -0.2) is 4.90 Å². The molecule has 1 fully saturated rings. The summed E-state index contributed by atoms with van der Waals surface area (Å²) >= 11 is 6.15. The van der Waals surface area contributed by atoms with Crippen LogP contribution in [0.25, 0.3) is 0 Å². The Hall–Kier alpha value is -2.17. The number of halogens is 1. The summed E-state index contributed by atoms with van der Waals surface area (Å²) in [5.41, 5.74) is 3.10. The molecule has 0 spiro atoms. The third kappa shape index (κ3) is 2.62. The number of hydrogen-bond acceptors (Lipinski definition) is 3. The fourth-order valence-corrected chi connectivity index (χ4v) is 3.83. The Morgan fingerprint density at radius 1 is 0.917 bits per heavy atom. The quantitative estimate of drug-likeness (QED) is 0.874. The number of para-hydroxylation sites is 1. The van der Waals surface area contributed by atoms with Gasteiger partial charge in [-0.3, -0.25) is 9.59 Å². The molecule has 1 aliphatic carbocycles. The SMILES string of the molecule is O=C1CC(NC2Cc3ccccc3C2)C(=O)N1c1ccccc1Cl. The smallest absolute Gasteiger partial charge is 0.251 e. The summed E-state index contributed by atoms with van der Waals surface area (Å²) in [4.78, 5) is 26.3. The number of anilines is 1. The molecule has 0 bridgehead atoms. The Balaban J connectivity index is 1.50. The molecule has 0 radical (unpaired) electrons. The van der Waals surface area contributed by atoms with E-state index in [9.17, 15) is 9.59 Å². The minimum absolute atomic E-state index is 0.177. The number of hydrogen-bond donors (Lipinski definition) is 1. The standard InChI is InChI=1S/C19H17ClN2O2/c20-15-7-3-4-8-17(15)22-18(23)11-16(19(22)24)21-14-9-12-5-1-2-6-13(12)10-14/h1-8,14,16,21H,9-11H2. The maximum Gasteiger partial charge on any atom is 0.251 e. The second kappa shape index (κ2) is 6.04. The summed E-state index contributed by atoms with van der Waals surface area (Å²) in [5.74, 6) is -0.426. The molecule has 2 aromatic carbocycles. The Morgan fingerprint density at radius 2 is 1.54 bits per heavy atom. The van der Waals surface area contributed by atoms with Crippen LogP contribution in [0, 0.1) is 0 Å². The van der Waals surface area contributed by atoms with Crippen LogP contribution >= 0.6 is 11.6 Å². The molecule has 2 aliphatic rings. The molecule has 24 heavy (non-hydrogen) atoms. The molecular formula is C19H17ClN2O2. The summed E-state index contributed by atoms with van der Waals surface area (Å²) in [6.45, 7) is 0. The first-order valence-corrected chi connectivity index (χ1v) is 8.45. The summed E-state index contributed by atoms with van der Waals surface area (Å²) in [6.07, 6.45) is 1.96. The maximum absolute atomic E-state index is 12.7. The number of amides is 2. The van der Waals surface area contributed by atoms with Gasteiger partial charge in [0, 0.05) is 6.04 Å². The number of fused-ring (bicyclic) bond motifs is 1. The lowest BCUT2D eigenvalue weighted by Crippen LogP contribution is -2.44. The monoisotopic (exact) mass is 340 g/mol. The first kappa shape index (κ1) is 15.4. The molecule has 2 amide bonds. The van der Waals surface area contributed by atoms with Crippen LogP contribution in [0.5, 0.6) is 0 Å². The molecule has 1 unspecified atom stereocenters. The molecule has 4 nitrogen and oxygen atoms in total. The van der Waals surface area contributed by atoms with Crippen LogP contribution in [0.2, 0.25) is 5.02 Å². The van der Waals surface area contributed by atoms with Gasteiger partial charge in [0.05, 0.1) is 23.2 Å². The highest BCUT2D eigenvalue weighted by molar-refractivity contribution is 6.36. The number of nitrogens with one attached hydrogen (secondary N) is 1. The number of rotatable bonds is 3. The van der Waals surface area contributed by atoms with Crippen molar-refractivity contribution < 1.29 is 9.59 Å². The number of imide groups is 1. The third-order valence-corrected chi connectivity index (χ3v) is 5.05. The normalized spacial score (nSPS) is 20.7. The zero-order valence-corrected chi connectivity index (χ0v) is 13.8. The van der Waals surface area contributed by atoms with Crippen LogP contribution in [0.15, 0.2) is 48.5 Å². The maximum atomic E-state index is 12.7. The largest absolute Gasteiger partial charge is 0.302 e. The molecule has 4 rings (SSSR count). The van der Waals surface area contributed by atoms with E-state index in [1.807, 2.05) is 12.1 Å². The van der Waals surface area contributed by atoms with Crippen molar-refractivity contribution in [3.63, 3.8) is 0 Å². The second-order valence-corrected chi connectivity index (χ2v) is 6.72. The molecule has 1 N–H and O–H groups in total. The van der Waals surface area contributed by atoms with E-state index in [2.05, 4.69) is 17.4 Å². The van der Waals surface area contributed by atoms with Gasteiger partial charge in [-0.05, 0) is 36.1 Å². The van der Waals surface area contributed by atoms with E-state index in [-0.39, 0.29) is 24.3 Å². The Labute approximate surface area is 145 Å². The van der Waals surface area contributed by atoms with E-state index in [0.29, 0.717) is 10.7 Å². The highest BCUT2D eigenvalue weighted by atomic mass is 35.5. The van der Waals surface area contributed by atoms with E-state index in [1.54, 1.807) is 24.3 Å². The molecule has 1 saturated heterocycles. The van der Waals surface area contributed by atoms with Crippen molar-refractivity contribution in [3.8, 4) is 0 Å². The lowest BCUT2D eigenvalue weighted by Gasteiger charge is -2.19. The first-order chi connectivity index (χ1) is 11.6. The lowest BCUT2D eigenvalue weighted by atomic mass is 10.1. The van der Waals surface area contributed by atoms with Crippen molar-refractivity contribution in [2.75, 3.05) is 4.90 Å². The van der Waals surface area contributed by atoms with Crippen molar-refractivity contribution in [1.82, 2.24) is 5.32 Å². The van der Waals surface area contributed by atoms with Crippen molar-refractivity contribution in [1.29, 1.82) is 0 Å². The molecule has 1 heterocycles. The zero-order chi connectivity index (χ0) is 16.7. The molecule has 0 aromatic heterocycles. The average Bonchev–Trinajstić information content (AvgIpc) is 3.09. The minimum atomic E-state index is -0.479. The average molecular weight is 341 g/mol. The summed E-state index contributed by atoms with van der Waals surface area (Å²) in [6, 6.07) is 15.0. The van der Waals surface area contributed by atoms with Gasteiger partial charge in [0.1, 0.15) is 0 Å². The minimum Gasteiger partial charge on any atom is -0.302 e. The van der Waals surface area contributed by atoms with E-state index in [1.165, 1.54) is 16.0 Å². The molecule has 5 heteroatoms. The fraction of sp³-hybridized carbons (Fsp3) is 0.263. The number of benzene rings is 2. The van der Waals surface area contributed by atoms with E-state index < -0.39 is 6.04 Å². The molecule has 122 valence electrons. The summed E-state index contributed by atoms with van der Waals surface area (Å²) < 4.78 is 0. The van der Waals surface area contributed by atoms with Crippen molar-refractivity contribution in [3.05, 3.63) is 64.7 Å². The molecule has 1 aliphatic heterocycles. The third-order valence-electron chi connectivity index (χ3n) is 4.73.